The molecule has 0 unspecified atom stereocenters. The van der Waals surface area contributed by atoms with Crippen molar-refractivity contribution in [1.82, 2.24) is 4.90 Å². The van der Waals surface area contributed by atoms with E-state index in [2.05, 4.69) is 0 Å². The minimum Gasteiger partial charge on any atom is -0.459 e. The number of nitrogens with zero attached hydrogens (tertiary/aromatic N) is 1. The van der Waals surface area contributed by atoms with E-state index < -0.39 is 17.6 Å². The van der Waals surface area contributed by atoms with Gasteiger partial charge in [-0.3, -0.25) is 9.59 Å². The smallest absolute Gasteiger partial charge is 0.326 e. The van der Waals surface area contributed by atoms with Crippen LogP contribution in [0.4, 0.5) is 4.39 Å². The number of rotatable bonds is 3. The van der Waals surface area contributed by atoms with E-state index in [4.69, 9.17) is 10.5 Å². The number of halogens is 1. The molecular weight excluding hydrogens is 311 g/mol. The zero-order valence-corrected chi connectivity index (χ0v) is 14.4. The second kappa shape index (κ2) is 7.30. The minimum absolute atomic E-state index is 0.0190. The van der Waals surface area contributed by atoms with Gasteiger partial charge in [0, 0.05) is 12.5 Å². The quantitative estimate of drug-likeness (QED) is 0.859. The third kappa shape index (κ3) is 5.03. The Balaban J connectivity index is 2.13. The summed E-state index contributed by atoms with van der Waals surface area (Å²) in [5.74, 6) is -0.982. The summed E-state index contributed by atoms with van der Waals surface area (Å²) >= 11 is 0. The SMILES string of the molecule is CC(C)(C)OC(=O)CN1C[C@@H](c2ccc(F)cc2)CC[C@H](N)C1=O. The molecule has 0 saturated carbocycles. The fourth-order valence-electron chi connectivity index (χ4n) is 2.87. The summed E-state index contributed by atoms with van der Waals surface area (Å²) in [6.45, 7) is 5.59. The second-order valence-electron chi connectivity index (χ2n) is 7.24. The highest BCUT2D eigenvalue weighted by Gasteiger charge is 2.31. The zero-order chi connectivity index (χ0) is 17.9. The molecule has 1 saturated heterocycles. The average Bonchev–Trinajstić information content (AvgIpc) is 2.60. The number of carbonyl (C=O) groups is 2. The van der Waals surface area contributed by atoms with Crippen molar-refractivity contribution in [1.29, 1.82) is 0 Å². The van der Waals surface area contributed by atoms with E-state index in [0.29, 0.717) is 19.4 Å². The first kappa shape index (κ1) is 18.4. The van der Waals surface area contributed by atoms with Crippen molar-refractivity contribution < 1.29 is 18.7 Å². The number of nitrogens with two attached hydrogens (primary N) is 1. The van der Waals surface area contributed by atoms with Gasteiger partial charge in [-0.1, -0.05) is 12.1 Å². The van der Waals surface area contributed by atoms with E-state index in [1.807, 2.05) is 0 Å². The van der Waals surface area contributed by atoms with Crippen LogP contribution in [0.3, 0.4) is 0 Å². The van der Waals surface area contributed by atoms with Gasteiger partial charge in [-0.2, -0.15) is 0 Å². The molecule has 0 spiro atoms. The van der Waals surface area contributed by atoms with Crippen LogP contribution in [0.25, 0.3) is 0 Å². The largest absolute Gasteiger partial charge is 0.459 e. The van der Waals surface area contributed by atoms with Crippen molar-refractivity contribution in [3.05, 3.63) is 35.6 Å². The van der Waals surface area contributed by atoms with Crippen molar-refractivity contribution >= 4 is 11.9 Å². The number of esters is 1. The average molecular weight is 336 g/mol. The molecule has 0 radical (unpaired) electrons. The molecular formula is C18H25FN2O3. The Morgan fingerprint density at radius 3 is 2.50 bits per heavy atom. The molecule has 1 amide bonds. The van der Waals surface area contributed by atoms with Gasteiger partial charge in [-0.05, 0) is 51.3 Å². The highest BCUT2D eigenvalue weighted by atomic mass is 19.1. The molecule has 0 aromatic heterocycles. The molecule has 0 bridgehead atoms. The molecule has 1 heterocycles. The van der Waals surface area contributed by atoms with Gasteiger partial charge < -0.3 is 15.4 Å². The predicted octanol–water partition coefficient (Wildman–Crippen LogP) is 2.20. The number of benzene rings is 1. The van der Waals surface area contributed by atoms with Crippen LogP contribution in [-0.2, 0) is 14.3 Å². The molecule has 0 aliphatic carbocycles. The molecule has 1 aliphatic rings. The second-order valence-corrected chi connectivity index (χ2v) is 7.24. The van der Waals surface area contributed by atoms with Crippen LogP contribution >= 0.6 is 0 Å². The Morgan fingerprint density at radius 1 is 1.29 bits per heavy atom. The maximum Gasteiger partial charge on any atom is 0.326 e. The Labute approximate surface area is 142 Å². The van der Waals surface area contributed by atoms with Crippen LogP contribution < -0.4 is 5.73 Å². The van der Waals surface area contributed by atoms with Crippen molar-refractivity contribution in [2.24, 2.45) is 5.73 Å². The summed E-state index contributed by atoms with van der Waals surface area (Å²) in [5.41, 5.74) is 6.26. The van der Waals surface area contributed by atoms with Gasteiger partial charge in [-0.15, -0.1) is 0 Å². The molecule has 1 aromatic rings. The van der Waals surface area contributed by atoms with Crippen molar-refractivity contribution in [3.63, 3.8) is 0 Å². The third-order valence-corrected chi connectivity index (χ3v) is 3.98. The maximum absolute atomic E-state index is 13.1. The lowest BCUT2D eigenvalue weighted by atomic mass is 9.94. The normalized spacial score (nSPS) is 22.2. The van der Waals surface area contributed by atoms with Gasteiger partial charge in [0.25, 0.3) is 0 Å². The number of carbonyl (C=O) groups excluding carboxylic acids is 2. The zero-order valence-electron chi connectivity index (χ0n) is 14.4. The Morgan fingerprint density at radius 2 is 1.92 bits per heavy atom. The lowest BCUT2D eigenvalue weighted by Crippen LogP contribution is -2.46. The van der Waals surface area contributed by atoms with E-state index >= 15 is 0 Å². The third-order valence-electron chi connectivity index (χ3n) is 3.98. The van der Waals surface area contributed by atoms with Gasteiger partial charge in [0.2, 0.25) is 5.91 Å². The van der Waals surface area contributed by atoms with Crippen LogP contribution in [0.2, 0.25) is 0 Å². The van der Waals surface area contributed by atoms with Crippen molar-refractivity contribution in [3.8, 4) is 0 Å². The van der Waals surface area contributed by atoms with Gasteiger partial charge >= 0.3 is 5.97 Å². The molecule has 1 aliphatic heterocycles. The van der Waals surface area contributed by atoms with E-state index in [1.165, 1.54) is 17.0 Å². The fraction of sp³-hybridized carbons (Fsp3) is 0.556. The van der Waals surface area contributed by atoms with Crippen LogP contribution in [0, 0.1) is 5.82 Å². The molecule has 5 nitrogen and oxygen atoms in total. The molecule has 132 valence electrons. The lowest BCUT2D eigenvalue weighted by molar-refractivity contribution is -0.159. The Hall–Kier alpha value is -1.95. The lowest BCUT2D eigenvalue weighted by Gasteiger charge is -2.27. The standard InChI is InChI=1S/C18H25FN2O3/c1-18(2,3)24-16(22)11-21-10-13(6-9-15(20)17(21)23)12-4-7-14(19)8-5-12/h4-5,7-8,13,15H,6,9-11,20H2,1-3H3/t13-,15-/m0/s1. The Bertz CT molecular complexity index is 595. The van der Waals surface area contributed by atoms with Gasteiger partial charge in [0.15, 0.2) is 0 Å². The number of hydrogen-bond acceptors (Lipinski definition) is 4. The highest BCUT2D eigenvalue weighted by Crippen LogP contribution is 2.27. The molecule has 2 N–H and O–H groups in total. The topological polar surface area (TPSA) is 72.6 Å². The van der Waals surface area contributed by atoms with Gasteiger partial charge in [-0.25, -0.2) is 4.39 Å². The van der Waals surface area contributed by atoms with Crippen molar-refractivity contribution in [2.45, 2.75) is 51.2 Å². The van der Waals surface area contributed by atoms with Gasteiger partial charge in [0.1, 0.15) is 18.0 Å². The number of hydrogen-bond donors (Lipinski definition) is 1. The number of amides is 1. The summed E-state index contributed by atoms with van der Waals surface area (Å²) in [6, 6.07) is 5.61. The summed E-state index contributed by atoms with van der Waals surface area (Å²) in [7, 11) is 0. The number of likely N-dealkylation sites (tertiary alicyclic amines) is 1. The molecule has 2 atom stereocenters. The molecule has 1 fully saturated rings. The van der Waals surface area contributed by atoms with E-state index in [9.17, 15) is 14.0 Å². The Kier molecular flexibility index (Phi) is 5.59. The van der Waals surface area contributed by atoms with Crippen LogP contribution in [0.15, 0.2) is 24.3 Å². The first-order valence-electron chi connectivity index (χ1n) is 8.17. The maximum atomic E-state index is 13.1. The predicted molar refractivity (Wildman–Crippen MR) is 88.8 cm³/mol. The monoisotopic (exact) mass is 336 g/mol. The van der Waals surface area contributed by atoms with E-state index in [0.717, 1.165) is 5.56 Å². The van der Waals surface area contributed by atoms with E-state index in [-0.39, 0.29) is 24.2 Å². The first-order chi connectivity index (χ1) is 11.2. The van der Waals surface area contributed by atoms with Crippen LogP contribution in [0.1, 0.15) is 45.1 Å². The first-order valence-corrected chi connectivity index (χ1v) is 8.17. The van der Waals surface area contributed by atoms with Crippen LogP contribution in [-0.4, -0.2) is 41.5 Å². The summed E-state index contributed by atoms with van der Waals surface area (Å²) in [5, 5.41) is 0. The minimum atomic E-state index is -0.627. The summed E-state index contributed by atoms with van der Waals surface area (Å²) < 4.78 is 18.4. The highest BCUT2D eigenvalue weighted by molar-refractivity contribution is 5.86. The number of ether oxygens (including phenoxy) is 1. The molecule has 2 rings (SSSR count). The molecule has 6 heteroatoms. The summed E-state index contributed by atoms with van der Waals surface area (Å²) in [4.78, 5) is 25.9. The van der Waals surface area contributed by atoms with Gasteiger partial charge in [0.05, 0.1) is 6.04 Å². The van der Waals surface area contributed by atoms with E-state index in [1.54, 1.807) is 32.9 Å². The van der Waals surface area contributed by atoms with Crippen LogP contribution in [0.5, 0.6) is 0 Å². The fourth-order valence-corrected chi connectivity index (χ4v) is 2.87. The van der Waals surface area contributed by atoms with Crippen molar-refractivity contribution in [2.75, 3.05) is 13.1 Å². The molecule has 1 aromatic carbocycles. The summed E-state index contributed by atoms with van der Waals surface area (Å²) in [6.07, 6.45) is 1.25. The molecule has 24 heavy (non-hydrogen) atoms.